The summed E-state index contributed by atoms with van der Waals surface area (Å²) in [6.07, 6.45) is 1.82. The molecule has 1 aliphatic rings. The molecule has 1 heterocycles. The van der Waals surface area contributed by atoms with Gasteiger partial charge in [-0.25, -0.2) is 4.99 Å². The fourth-order valence-corrected chi connectivity index (χ4v) is 3.58. The summed E-state index contributed by atoms with van der Waals surface area (Å²) in [6, 6.07) is 9.22. The van der Waals surface area contributed by atoms with Gasteiger partial charge >= 0.3 is 0 Å². The molecule has 140 valence electrons. The quantitative estimate of drug-likeness (QED) is 0.741. The van der Waals surface area contributed by atoms with E-state index in [2.05, 4.69) is 10.3 Å². The highest BCUT2D eigenvalue weighted by molar-refractivity contribution is 8.18. The van der Waals surface area contributed by atoms with E-state index in [-0.39, 0.29) is 5.91 Å². The monoisotopic (exact) mass is 402 g/mol. The Bertz CT molecular complexity index is 970. The average molecular weight is 403 g/mol. The molecule has 27 heavy (non-hydrogen) atoms. The van der Waals surface area contributed by atoms with Crippen LogP contribution in [0, 0.1) is 13.8 Å². The van der Waals surface area contributed by atoms with E-state index >= 15 is 0 Å². The van der Waals surface area contributed by atoms with Gasteiger partial charge in [-0.05, 0) is 72.6 Å². The maximum Gasteiger partial charge on any atom is 0.264 e. The zero-order valence-electron chi connectivity index (χ0n) is 15.4. The van der Waals surface area contributed by atoms with Crippen LogP contribution in [0.25, 0.3) is 6.08 Å². The first-order chi connectivity index (χ1) is 12.9. The van der Waals surface area contributed by atoms with E-state index in [9.17, 15) is 4.79 Å². The summed E-state index contributed by atoms with van der Waals surface area (Å²) >= 11 is 7.33. The Kier molecular flexibility index (Phi) is 5.77. The van der Waals surface area contributed by atoms with Gasteiger partial charge in [-0.15, -0.1) is 0 Å². The van der Waals surface area contributed by atoms with Crippen molar-refractivity contribution in [3.8, 4) is 11.5 Å². The normalized spacial score (nSPS) is 16.7. The van der Waals surface area contributed by atoms with Crippen LogP contribution in [0.15, 0.2) is 40.2 Å². The summed E-state index contributed by atoms with van der Waals surface area (Å²) in [6.45, 7) is 3.90. The van der Waals surface area contributed by atoms with Gasteiger partial charge in [-0.2, -0.15) is 0 Å². The fraction of sp³-hybridized carbons (Fsp3) is 0.200. The molecule has 0 atom stereocenters. The number of aryl methyl sites for hydroxylation is 2. The highest BCUT2D eigenvalue weighted by Crippen LogP contribution is 2.34. The van der Waals surface area contributed by atoms with E-state index in [1.807, 2.05) is 44.2 Å². The molecule has 0 aliphatic carbocycles. The number of nitrogens with zero attached hydrogens (tertiary/aromatic N) is 1. The van der Waals surface area contributed by atoms with Crippen LogP contribution in [0.1, 0.15) is 16.7 Å². The van der Waals surface area contributed by atoms with Crippen molar-refractivity contribution < 1.29 is 14.3 Å². The van der Waals surface area contributed by atoms with Gasteiger partial charge in [0.2, 0.25) is 0 Å². The van der Waals surface area contributed by atoms with Gasteiger partial charge in [-0.3, -0.25) is 4.79 Å². The molecule has 1 aliphatic heterocycles. The third-order valence-corrected chi connectivity index (χ3v) is 5.25. The van der Waals surface area contributed by atoms with Gasteiger partial charge in [0.15, 0.2) is 16.7 Å². The SMILES string of the molecule is COc1cc(C)c(/C=C2\SC(=Nc3cc(Cl)ccc3C)NC2=O)cc1OC. The summed E-state index contributed by atoms with van der Waals surface area (Å²) in [5, 5.41) is 3.92. The van der Waals surface area contributed by atoms with E-state index in [1.165, 1.54) is 11.8 Å². The van der Waals surface area contributed by atoms with Crippen LogP contribution in [-0.4, -0.2) is 25.3 Å². The van der Waals surface area contributed by atoms with Gasteiger partial charge in [0, 0.05) is 5.02 Å². The van der Waals surface area contributed by atoms with Crippen molar-refractivity contribution in [2.75, 3.05) is 14.2 Å². The molecule has 0 saturated carbocycles. The van der Waals surface area contributed by atoms with Crippen LogP contribution in [0.5, 0.6) is 11.5 Å². The highest BCUT2D eigenvalue weighted by Gasteiger charge is 2.24. The lowest BCUT2D eigenvalue weighted by molar-refractivity contribution is -0.115. The number of rotatable bonds is 4. The number of aliphatic imine (C=N–C) groups is 1. The molecule has 0 spiro atoms. The highest BCUT2D eigenvalue weighted by atomic mass is 35.5. The lowest BCUT2D eigenvalue weighted by Gasteiger charge is -2.10. The first-order valence-corrected chi connectivity index (χ1v) is 9.39. The smallest absolute Gasteiger partial charge is 0.264 e. The molecule has 5 nitrogen and oxygen atoms in total. The molecule has 1 saturated heterocycles. The molecule has 0 bridgehead atoms. The molecular formula is C20H19ClN2O3S. The third-order valence-electron chi connectivity index (χ3n) is 4.10. The average Bonchev–Trinajstić information content (AvgIpc) is 2.98. The van der Waals surface area contributed by atoms with E-state index in [1.54, 1.807) is 20.3 Å². The van der Waals surface area contributed by atoms with Gasteiger partial charge in [0.25, 0.3) is 5.91 Å². The van der Waals surface area contributed by atoms with Crippen LogP contribution in [0.2, 0.25) is 5.02 Å². The summed E-state index contributed by atoms with van der Waals surface area (Å²) in [4.78, 5) is 17.4. The number of benzene rings is 2. The van der Waals surface area contributed by atoms with Crippen molar-refractivity contribution in [1.82, 2.24) is 5.32 Å². The van der Waals surface area contributed by atoms with E-state index in [0.29, 0.717) is 26.6 Å². The Hall–Kier alpha value is -2.44. The van der Waals surface area contributed by atoms with Crippen molar-refractivity contribution in [3.63, 3.8) is 0 Å². The van der Waals surface area contributed by atoms with Gasteiger partial charge in [0.1, 0.15) is 0 Å². The van der Waals surface area contributed by atoms with Crippen LogP contribution in [-0.2, 0) is 4.79 Å². The van der Waals surface area contributed by atoms with Crippen LogP contribution in [0.3, 0.4) is 0 Å². The largest absolute Gasteiger partial charge is 0.493 e. The Balaban J connectivity index is 1.92. The zero-order chi connectivity index (χ0) is 19.6. The summed E-state index contributed by atoms with van der Waals surface area (Å²) in [5.74, 6) is 1.08. The number of ether oxygens (including phenoxy) is 2. The Morgan fingerprint density at radius 3 is 2.48 bits per heavy atom. The molecule has 0 unspecified atom stereocenters. The van der Waals surface area contributed by atoms with Crippen LogP contribution in [0.4, 0.5) is 5.69 Å². The molecule has 3 rings (SSSR count). The second kappa shape index (κ2) is 8.06. The predicted molar refractivity (Wildman–Crippen MR) is 111 cm³/mol. The number of methoxy groups -OCH3 is 2. The number of amides is 1. The number of thioether (sulfide) groups is 1. The maximum absolute atomic E-state index is 12.4. The minimum atomic E-state index is -0.187. The lowest BCUT2D eigenvalue weighted by atomic mass is 10.1. The third kappa shape index (κ3) is 4.28. The predicted octanol–water partition coefficient (Wildman–Crippen LogP) is 4.87. The van der Waals surface area contributed by atoms with Crippen molar-refractivity contribution in [2.24, 2.45) is 4.99 Å². The molecule has 2 aromatic rings. The zero-order valence-corrected chi connectivity index (χ0v) is 17.0. The summed E-state index contributed by atoms with van der Waals surface area (Å²) in [7, 11) is 3.18. The molecule has 0 aromatic heterocycles. The number of halogens is 1. The van der Waals surface area contributed by atoms with E-state index in [4.69, 9.17) is 21.1 Å². The van der Waals surface area contributed by atoms with Crippen LogP contribution >= 0.6 is 23.4 Å². The Labute approximate surface area is 167 Å². The molecule has 1 amide bonds. The molecule has 7 heteroatoms. The maximum atomic E-state index is 12.4. The van der Waals surface area contributed by atoms with E-state index < -0.39 is 0 Å². The molecule has 1 fully saturated rings. The van der Waals surface area contributed by atoms with Gasteiger partial charge < -0.3 is 14.8 Å². The number of carbonyl (C=O) groups is 1. The van der Waals surface area contributed by atoms with Crippen molar-refractivity contribution in [2.45, 2.75) is 13.8 Å². The van der Waals surface area contributed by atoms with Crippen molar-refractivity contribution in [3.05, 3.63) is 56.9 Å². The number of hydrogen-bond acceptors (Lipinski definition) is 5. The first kappa shape index (κ1) is 19.3. The molecule has 1 N–H and O–H groups in total. The minimum Gasteiger partial charge on any atom is -0.493 e. The summed E-state index contributed by atoms with van der Waals surface area (Å²) < 4.78 is 10.7. The van der Waals surface area contributed by atoms with E-state index in [0.717, 1.165) is 22.4 Å². The van der Waals surface area contributed by atoms with Crippen molar-refractivity contribution in [1.29, 1.82) is 0 Å². The van der Waals surface area contributed by atoms with Crippen molar-refractivity contribution >= 4 is 46.2 Å². The second-order valence-corrected chi connectivity index (χ2v) is 7.44. The number of hydrogen-bond donors (Lipinski definition) is 1. The number of amidine groups is 1. The van der Waals surface area contributed by atoms with Crippen LogP contribution < -0.4 is 14.8 Å². The molecule has 2 aromatic carbocycles. The van der Waals surface area contributed by atoms with Gasteiger partial charge in [-0.1, -0.05) is 17.7 Å². The lowest BCUT2D eigenvalue weighted by Crippen LogP contribution is -2.19. The Morgan fingerprint density at radius 1 is 1.07 bits per heavy atom. The molecule has 0 radical (unpaired) electrons. The van der Waals surface area contributed by atoms with Gasteiger partial charge in [0.05, 0.1) is 24.8 Å². The Morgan fingerprint density at radius 2 is 1.78 bits per heavy atom. The summed E-state index contributed by atoms with van der Waals surface area (Å²) in [5.41, 5.74) is 3.57. The topological polar surface area (TPSA) is 59.9 Å². The molecular weight excluding hydrogens is 384 g/mol. The standard InChI is InChI=1S/C20H19ClN2O3S/c1-11-5-6-14(21)10-15(11)22-20-23-19(24)18(27-20)9-13-8-17(26-4)16(25-3)7-12(13)2/h5-10H,1-4H3,(H,22,23,24)/b18-9-. The second-order valence-electron chi connectivity index (χ2n) is 5.98. The number of nitrogens with one attached hydrogen (secondary N) is 1. The fourth-order valence-electron chi connectivity index (χ4n) is 2.59. The first-order valence-electron chi connectivity index (χ1n) is 8.19. The number of carbonyl (C=O) groups excluding carboxylic acids is 1. The minimum absolute atomic E-state index is 0.187.